The van der Waals surface area contributed by atoms with Crippen LogP contribution in [0.25, 0.3) is 0 Å². The van der Waals surface area contributed by atoms with E-state index in [0.717, 1.165) is 5.69 Å². The Balaban J connectivity index is 1.51. The van der Waals surface area contributed by atoms with Crippen molar-refractivity contribution in [2.24, 2.45) is 10.9 Å². The zero-order chi connectivity index (χ0) is 22.8. The van der Waals surface area contributed by atoms with Gasteiger partial charge in [0.1, 0.15) is 6.17 Å². The fourth-order valence-electron chi connectivity index (χ4n) is 3.53. The van der Waals surface area contributed by atoms with E-state index < -0.39 is 6.17 Å². The van der Waals surface area contributed by atoms with E-state index in [1.807, 2.05) is 24.3 Å². The predicted molar refractivity (Wildman–Crippen MR) is 131 cm³/mol. The van der Waals surface area contributed by atoms with Gasteiger partial charge in [-0.15, -0.1) is 0 Å². The number of nitrogens with one attached hydrogen (secondary N) is 3. The molecule has 0 aliphatic carbocycles. The minimum Gasteiger partial charge on any atom is -0.325 e. The number of hydrogen-bond acceptors (Lipinski definition) is 6. The molecule has 0 aromatic heterocycles. The molecule has 2 heterocycles. The molecule has 168 valence electrons. The van der Waals surface area contributed by atoms with Gasteiger partial charge in [0.15, 0.2) is 5.17 Å². The van der Waals surface area contributed by atoms with Gasteiger partial charge in [-0.25, -0.2) is 10.4 Å². The van der Waals surface area contributed by atoms with E-state index in [9.17, 15) is 9.59 Å². The fraction of sp³-hybridized carbons (Fsp3) is 0.318. The van der Waals surface area contributed by atoms with E-state index >= 15 is 0 Å². The molecule has 32 heavy (non-hydrogen) atoms. The lowest BCUT2D eigenvalue weighted by Gasteiger charge is -2.32. The molecule has 2 aromatic rings. The molecular weight excluding hydrogens is 469 g/mol. The average molecular weight is 492 g/mol. The van der Waals surface area contributed by atoms with E-state index in [2.05, 4.69) is 35.0 Å². The first kappa shape index (κ1) is 23.1. The molecule has 0 spiro atoms. The minimum absolute atomic E-state index is 0.0809. The highest BCUT2D eigenvalue weighted by Crippen LogP contribution is 2.37. The van der Waals surface area contributed by atoms with Crippen LogP contribution >= 0.6 is 35.0 Å². The fourth-order valence-corrected chi connectivity index (χ4v) is 4.75. The van der Waals surface area contributed by atoms with Crippen LogP contribution in [-0.4, -0.2) is 35.4 Å². The van der Waals surface area contributed by atoms with Gasteiger partial charge in [0.05, 0.1) is 27.4 Å². The molecule has 2 aliphatic rings. The molecule has 2 unspecified atom stereocenters. The third-order valence-corrected chi connectivity index (χ3v) is 7.06. The zero-order valence-electron chi connectivity index (χ0n) is 17.6. The monoisotopic (exact) mass is 491 g/mol. The molecule has 0 radical (unpaired) electrons. The molecule has 2 atom stereocenters. The summed E-state index contributed by atoms with van der Waals surface area (Å²) in [5, 5.41) is 3.89. The maximum atomic E-state index is 13.3. The normalized spacial score (nSPS) is 20.3. The molecule has 7 nitrogen and oxygen atoms in total. The number of halogens is 2. The number of thioether (sulfide) groups is 1. The van der Waals surface area contributed by atoms with E-state index in [4.69, 9.17) is 23.2 Å². The second kappa shape index (κ2) is 9.80. The van der Waals surface area contributed by atoms with Crippen LogP contribution in [0.15, 0.2) is 47.5 Å². The van der Waals surface area contributed by atoms with Crippen molar-refractivity contribution in [3.63, 3.8) is 0 Å². The number of hydrogen-bond donors (Lipinski definition) is 3. The molecule has 10 heteroatoms. The number of hydrazine groups is 1. The molecule has 4 rings (SSSR count). The summed E-state index contributed by atoms with van der Waals surface area (Å²) in [7, 11) is 0. The molecule has 2 aromatic carbocycles. The van der Waals surface area contributed by atoms with Crippen molar-refractivity contribution in [2.75, 3.05) is 22.5 Å². The second-order valence-corrected chi connectivity index (χ2v) is 9.58. The van der Waals surface area contributed by atoms with Crippen LogP contribution in [0.2, 0.25) is 10.0 Å². The van der Waals surface area contributed by atoms with Gasteiger partial charge in [0.25, 0.3) is 0 Å². The molecule has 2 amide bonds. The van der Waals surface area contributed by atoms with E-state index in [1.165, 1.54) is 22.2 Å². The molecule has 2 aliphatic heterocycles. The number of amides is 2. The maximum absolute atomic E-state index is 13.3. The van der Waals surface area contributed by atoms with E-state index in [-0.39, 0.29) is 28.5 Å². The molecular formula is C22H23Cl2N5O2S. The molecule has 3 N–H and O–H groups in total. The number of amidine groups is 1. The van der Waals surface area contributed by atoms with Gasteiger partial charge in [-0.05, 0) is 35.7 Å². The van der Waals surface area contributed by atoms with Crippen LogP contribution in [0.4, 0.5) is 11.4 Å². The highest BCUT2D eigenvalue weighted by molar-refractivity contribution is 8.14. The summed E-state index contributed by atoms with van der Waals surface area (Å²) in [4.78, 5) is 32.0. The van der Waals surface area contributed by atoms with Crippen molar-refractivity contribution >= 4 is 63.3 Å². The number of fused-ring (bicyclic) bond motifs is 1. The lowest BCUT2D eigenvalue weighted by atomic mass is 10.0. The summed E-state index contributed by atoms with van der Waals surface area (Å²) in [5.41, 5.74) is 8.34. The van der Waals surface area contributed by atoms with Crippen LogP contribution < -0.4 is 21.1 Å². The summed E-state index contributed by atoms with van der Waals surface area (Å²) in [6.45, 7) is 4.69. The third-order valence-electron chi connectivity index (χ3n) is 5.30. The number of benzene rings is 2. The van der Waals surface area contributed by atoms with Gasteiger partial charge >= 0.3 is 0 Å². The largest absolute Gasteiger partial charge is 0.325 e. The first-order valence-corrected chi connectivity index (χ1v) is 12.0. The Hall–Kier alpha value is -2.10. The summed E-state index contributed by atoms with van der Waals surface area (Å²) >= 11 is 13.8. The van der Waals surface area contributed by atoms with Crippen LogP contribution in [0.1, 0.15) is 25.3 Å². The molecule has 1 fully saturated rings. The van der Waals surface area contributed by atoms with Gasteiger partial charge < -0.3 is 5.32 Å². The lowest BCUT2D eigenvalue weighted by molar-refractivity contribution is -0.121. The van der Waals surface area contributed by atoms with Crippen molar-refractivity contribution < 1.29 is 9.59 Å². The number of nitrogens with zero attached hydrogens (tertiary/aromatic N) is 2. The topological polar surface area (TPSA) is 85.8 Å². The lowest BCUT2D eigenvalue weighted by Crippen LogP contribution is -2.49. The SMILES string of the molecule is CC(C)c1ccc(NC(=O)CSC2=NC3NNCC3C(=O)N2c2cccc(Cl)c2Cl)cc1. The zero-order valence-corrected chi connectivity index (χ0v) is 19.9. The first-order chi connectivity index (χ1) is 15.3. The van der Waals surface area contributed by atoms with Gasteiger partial charge in [0.2, 0.25) is 11.8 Å². The average Bonchev–Trinajstić information content (AvgIpc) is 3.24. The molecule has 0 saturated carbocycles. The van der Waals surface area contributed by atoms with Crippen molar-refractivity contribution in [2.45, 2.75) is 25.9 Å². The Morgan fingerprint density at radius 1 is 1.25 bits per heavy atom. The quantitative estimate of drug-likeness (QED) is 0.582. The Morgan fingerprint density at radius 2 is 2.00 bits per heavy atom. The number of rotatable bonds is 5. The van der Waals surface area contributed by atoms with Gasteiger partial charge in [-0.1, -0.05) is 67.0 Å². The van der Waals surface area contributed by atoms with Gasteiger partial charge in [0, 0.05) is 12.2 Å². The minimum atomic E-state index is -0.397. The van der Waals surface area contributed by atoms with Crippen molar-refractivity contribution in [3.8, 4) is 0 Å². The summed E-state index contributed by atoms with van der Waals surface area (Å²) in [5.74, 6) is -0.220. The summed E-state index contributed by atoms with van der Waals surface area (Å²) < 4.78 is 0. The standard InChI is InChI=1S/C22H23Cl2N5O2S/c1-12(2)13-6-8-14(9-7-13)26-18(30)11-32-22-27-20-15(10-25-28-20)21(31)29(22)17-5-3-4-16(23)19(17)24/h3-9,12,15,20,25,28H,10-11H2,1-2H3,(H,26,30). The Morgan fingerprint density at radius 3 is 2.72 bits per heavy atom. The van der Waals surface area contributed by atoms with Gasteiger partial charge in [-0.2, -0.15) is 0 Å². The third kappa shape index (κ3) is 4.79. The predicted octanol–water partition coefficient (Wildman–Crippen LogP) is 4.24. The Bertz CT molecular complexity index is 1060. The highest BCUT2D eigenvalue weighted by Gasteiger charge is 2.43. The first-order valence-electron chi connectivity index (χ1n) is 10.2. The number of aliphatic imine (C=N–C) groups is 1. The second-order valence-electron chi connectivity index (χ2n) is 7.85. The summed E-state index contributed by atoms with van der Waals surface area (Å²) in [6.07, 6.45) is -0.397. The van der Waals surface area contributed by atoms with Crippen LogP contribution in [0, 0.1) is 5.92 Å². The van der Waals surface area contributed by atoms with Crippen LogP contribution in [-0.2, 0) is 9.59 Å². The Kier molecular flexibility index (Phi) is 7.07. The number of anilines is 2. The van der Waals surface area contributed by atoms with Gasteiger partial charge in [-0.3, -0.25) is 19.9 Å². The Labute approximate surface area is 200 Å². The van der Waals surface area contributed by atoms with Crippen molar-refractivity contribution in [1.29, 1.82) is 0 Å². The number of carbonyl (C=O) groups excluding carboxylic acids is 2. The molecule has 1 saturated heterocycles. The maximum Gasteiger partial charge on any atom is 0.241 e. The van der Waals surface area contributed by atoms with E-state index in [0.29, 0.717) is 28.3 Å². The van der Waals surface area contributed by atoms with Crippen LogP contribution in [0.5, 0.6) is 0 Å². The smallest absolute Gasteiger partial charge is 0.241 e. The number of carbonyl (C=O) groups is 2. The van der Waals surface area contributed by atoms with E-state index in [1.54, 1.807) is 18.2 Å². The summed E-state index contributed by atoms with van der Waals surface area (Å²) in [6, 6.07) is 12.9. The van der Waals surface area contributed by atoms with Crippen molar-refractivity contribution in [1.82, 2.24) is 10.9 Å². The molecule has 0 bridgehead atoms. The highest BCUT2D eigenvalue weighted by atomic mass is 35.5. The van der Waals surface area contributed by atoms with Crippen LogP contribution in [0.3, 0.4) is 0 Å². The van der Waals surface area contributed by atoms with Crippen molar-refractivity contribution in [3.05, 3.63) is 58.1 Å².